The van der Waals surface area contributed by atoms with E-state index < -0.39 is 11.2 Å². The average Bonchev–Trinajstić information content (AvgIpc) is 2.84. The third kappa shape index (κ3) is 5.27. The van der Waals surface area contributed by atoms with E-state index >= 15 is 0 Å². The second kappa shape index (κ2) is 10.4. The van der Waals surface area contributed by atoms with Crippen molar-refractivity contribution < 1.29 is 4.74 Å². The van der Waals surface area contributed by atoms with E-state index in [4.69, 9.17) is 4.74 Å². The van der Waals surface area contributed by atoms with Crippen molar-refractivity contribution in [2.24, 2.45) is 0 Å². The highest BCUT2D eigenvalue weighted by atomic mass is 32.2. The number of benzene rings is 3. The van der Waals surface area contributed by atoms with Crippen LogP contribution in [0.2, 0.25) is 0 Å². The molecule has 0 saturated carbocycles. The highest BCUT2D eigenvalue weighted by molar-refractivity contribution is 7.99. The number of aromatic amines is 1. The van der Waals surface area contributed by atoms with Crippen LogP contribution in [0.3, 0.4) is 0 Å². The van der Waals surface area contributed by atoms with Crippen molar-refractivity contribution >= 4 is 23.1 Å². The molecular weight excluding hydrogens is 434 g/mol. The lowest BCUT2D eigenvalue weighted by atomic mass is 10.2. The molecule has 0 saturated heterocycles. The summed E-state index contributed by atoms with van der Waals surface area (Å²) in [5, 5.41) is 0.563. The van der Waals surface area contributed by atoms with E-state index in [1.807, 2.05) is 97.9 Å². The van der Waals surface area contributed by atoms with Gasteiger partial charge in [0.15, 0.2) is 0 Å². The third-order valence-electron chi connectivity index (χ3n) is 5.21. The molecule has 1 heterocycles. The minimum Gasteiger partial charge on any atom is -0.337 e. The summed E-state index contributed by atoms with van der Waals surface area (Å²) in [5.41, 5.74) is 1.53. The summed E-state index contributed by atoms with van der Waals surface area (Å²) >= 11 is 1.37. The van der Waals surface area contributed by atoms with Gasteiger partial charge in [0.1, 0.15) is 13.0 Å². The van der Waals surface area contributed by atoms with Gasteiger partial charge in [-0.3, -0.25) is 14.3 Å². The van der Waals surface area contributed by atoms with Crippen molar-refractivity contribution in [3.05, 3.63) is 117 Å². The van der Waals surface area contributed by atoms with Gasteiger partial charge in [-0.25, -0.2) is 4.79 Å². The molecule has 7 heteroatoms. The normalized spacial score (nSPS) is 11.8. The number of H-pyrrole nitrogens is 1. The van der Waals surface area contributed by atoms with Gasteiger partial charge >= 0.3 is 5.69 Å². The van der Waals surface area contributed by atoms with Crippen LogP contribution in [-0.4, -0.2) is 15.8 Å². The molecule has 0 amide bonds. The van der Waals surface area contributed by atoms with E-state index in [9.17, 15) is 9.59 Å². The molecule has 6 nitrogen and oxygen atoms in total. The number of aromatic nitrogens is 2. The third-order valence-corrected chi connectivity index (χ3v) is 6.43. The van der Waals surface area contributed by atoms with E-state index in [1.54, 1.807) is 6.92 Å². The van der Waals surface area contributed by atoms with E-state index in [2.05, 4.69) is 9.88 Å². The lowest BCUT2D eigenvalue weighted by Crippen LogP contribution is -2.37. The number of para-hydroxylation sites is 2. The van der Waals surface area contributed by atoms with Crippen molar-refractivity contribution in [2.45, 2.75) is 36.7 Å². The molecule has 0 aliphatic heterocycles. The van der Waals surface area contributed by atoms with Gasteiger partial charge in [0.25, 0.3) is 5.56 Å². The first-order chi connectivity index (χ1) is 16.0. The maximum atomic E-state index is 12.7. The van der Waals surface area contributed by atoms with Crippen LogP contribution in [0, 0.1) is 6.92 Å². The van der Waals surface area contributed by atoms with Crippen LogP contribution in [0.25, 0.3) is 0 Å². The summed E-state index contributed by atoms with van der Waals surface area (Å²) in [6, 6.07) is 29.5. The Hall–Kier alpha value is -3.55. The second-order valence-electron chi connectivity index (χ2n) is 7.47. The quantitative estimate of drug-likeness (QED) is 0.291. The second-order valence-corrected chi connectivity index (χ2v) is 8.53. The van der Waals surface area contributed by atoms with Crippen LogP contribution in [0.4, 0.5) is 11.4 Å². The zero-order chi connectivity index (χ0) is 23.2. The first kappa shape index (κ1) is 22.6. The lowest BCUT2D eigenvalue weighted by Gasteiger charge is -2.31. The SMILES string of the molecule is Cc1c(Sc2ccccc2)n(COC(C)N(c2ccccc2)c2ccccc2)c(=O)[nH]c1=O. The Balaban J connectivity index is 1.64. The Morgan fingerprint density at radius 2 is 1.39 bits per heavy atom. The number of nitrogens with zero attached hydrogens (tertiary/aromatic N) is 2. The monoisotopic (exact) mass is 459 g/mol. The van der Waals surface area contributed by atoms with Gasteiger partial charge in [-0.15, -0.1) is 0 Å². The Kier molecular flexibility index (Phi) is 7.12. The highest BCUT2D eigenvalue weighted by Gasteiger charge is 2.19. The molecular formula is C26H25N3O3S. The van der Waals surface area contributed by atoms with Crippen LogP contribution in [0.5, 0.6) is 0 Å². The molecule has 0 aliphatic rings. The average molecular weight is 460 g/mol. The maximum absolute atomic E-state index is 12.7. The van der Waals surface area contributed by atoms with Crippen molar-refractivity contribution in [1.29, 1.82) is 0 Å². The van der Waals surface area contributed by atoms with Crippen LogP contribution < -0.4 is 16.1 Å². The van der Waals surface area contributed by atoms with Gasteiger partial charge in [0, 0.05) is 21.8 Å². The standard InChI is InChI=1S/C26H25N3O3S/c1-19-24(30)27-26(31)28(25(19)33-23-16-10-5-11-17-23)18-32-20(2)29(21-12-6-3-7-13-21)22-14-8-4-9-15-22/h3-17,20H,18H2,1-2H3,(H,27,30,31). The fourth-order valence-electron chi connectivity index (χ4n) is 3.50. The zero-order valence-electron chi connectivity index (χ0n) is 18.5. The molecule has 1 atom stereocenters. The maximum Gasteiger partial charge on any atom is 0.331 e. The summed E-state index contributed by atoms with van der Waals surface area (Å²) in [5.74, 6) is 0. The van der Waals surface area contributed by atoms with Crippen LogP contribution in [-0.2, 0) is 11.5 Å². The predicted molar refractivity (Wildman–Crippen MR) is 132 cm³/mol. The van der Waals surface area contributed by atoms with Crippen molar-refractivity contribution in [3.8, 4) is 0 Å². The van der Waals surface area contributed by atoms with E-state index in [-0.39, 0.29) is 13.0 Å². The molecule has 168 valence electrons. The van der Waals surface area contributed by atoms with Gasteiger partial charge in [0.05, 0.1) is 5.03 Å². The number of ether oxygens (including phenoxy) is 1. The first-order valence-electron chi connectivity index (χ1n) is 10.6. The molecule has 1 unspecified atom stereocenters. The fourth-order valence-corrected chi connectivity index (χ4v) is 4.51. The minimum atomic E-state index is -0.498. The Labute approximate surface area is 196 Å². The Morgan fingerprint density at radius 1 is 0.879 bits per heavy atom. The number of anilines is 2. The minimum absolute atomic E-state index is 0.0110. The van der Waals surface area contributed by atoms with Crippen LogP contribution in [0.15, 0.2) is 111 Å². The largest absolute Gasteiger partial charge is 0.337 e. The highest BCUT2D eigenvalue weighted by Crippen LogP contribution is 2.30. The summed E-state index contributed by atoms with van der Waals surface area (Å²) in [4.78, 5) is 30.4. The van der Waals surface area contributed by atoms with Crippen molar-refractivity contribution in [2.75, 3.05) is 4.90 Å². The van der Waals surface area contributed by atoms with Crippen molar-refractivity contribution in [3.63, 3.8) is 0 Å². The summed E-state index contributed by atoms with van der Waals surface area (Å²) < 4.78 is 7.68. The van der Waals surface area contributed by atoms with Gasteiger partial charge in [-0.05, 0) is 50.2 Å². The Morgan fingerprint density at radius 3 is 1.94 bits per heavy atom. The Bertz CT molecular complexity index is 1270. The molecule has 1 aromatic heterocycles. The number of nitrogens with one attached hydrogen (secondary N) is 1. The van der Waals surface area contributed by atoms with E-state index in [0.29, 0.717) is 10.6 Å². The molecule has 33 heavy (non-hydrogen) atoms. The molecule has 4 aromatic rings. The predicted octanol–water partition coefficient (Wildman–Crippen LogP) is 5.15. The first-order valence-corrected chi connectivity index (χ1v) is 11.4. The van der Waals surface area contributed by atoms with Gasteiger partial charge < -0.3 is 9.64 Å². The van der Waals surface area contributed by atoms with Crippen molar-refractivity contribution in [1.82, 2.24) is 9.55 Å². The number of rotatable bonds is 8. The van der Waals surface area contributed by atoms with Crippen LogP contribution >= 0.6 is 11.8 Å². The molecule has 0 aliphatic carbocycles. The molecule has 0 radical (unpaired) electrons. The zero-order valence-corrected chi connectivity index (χ0v) is 19.3. The molecule has 0 bridgehead atoms. The summed E-state index contributed by atoms with van der Waals surface area (Å²) in [6.07, 6.45) is -0.386. The molecule has 3 aromatic carbocycles. The molecule has 1 N–H and O–H groups in total. The van der Waals surface area contributed by atoms with Crippen LogP contribution in [0.1, 0.15) is 12.5 Å². The van der Waals surface area contributed by atoms with Gasteiger partial charge in [-0.1, -0.05) is 66.4 Å². The molecule has 0 spiro atoms. The topological polar surface area (TPSA) is 67.3 Å². The smallest absolute Gasteiger partial charge is 0.331 e. The van der Waals surface area contributed by atoms with E-state index in [1.165, 1.54) is 16.3 Å². The van der Waals surface area contributed by atoms with E-state index in [0.717, 1.165) is 16.3 Å². The lowest BCUT2D eigenvalue weighted by molar-refractivity contribution is 0.0148. The number of hydrogen-bond acceptors (Lipinski definition) is 5. The summed E-state index contributed by atoms with van der Waals surface area (Å²) in [7, 11) is 0. The van der Waals surface area contributed by atoms with Gasteiger partial charge in [0.2, 0.25) is 0 Å². The summed E-state index contributed by atoms with van der Waals surface area (Å²) in [6.45, 7) is 3.64. The molecule has 4 rings (SSSR count). The number of hydrogen-bond donors (Lipinski definition) is 1. The van der Waals surface area contributed by atoms with Gasteiger partial charge in [-0.2, -0.15) is 0 Å². The fraction of sp³-hybridized carbons (Fsp3) is 0.154. The molecule has 0 fully saturated rings.